The van der Waals surface area contributed by atoms with E-state index in [1.54, 1.807) is 18.2 Å². The summed E-state index contributed by atoms with van der Waals surface area (Å²) in [7, 11) is -2.51. The maximum atomic E-state index is 12.9. The largest absolute Gasteiger partial charge is 0.423 e. The van der Waals surface area contributed by atoms with Crippen molar-refractivity contribution in [2.24, 2.45) is 0 Å². The highest BCUT2D eigenvalue weighted by Crippen LogP contribution is 2.25. The van der Waals surface area contributed by atoms with Gasteiger partial charge in [0.05, 0.1) is 27.8 Å². The van der Waals surface area contributed by atoms with Crippen molar-refractivity contribution < 1.29 is 17.9 Å². The molecule has 0 saturated heterocycles. The second-order valence-corrected chi connectivity index (χ2v) is 8.41. The Hall–Kier alpha value is -3.34. The molecule has 8 heteroatoms. The lowest BCUT2D eigenvalue weighted by molar-refractivity contribution is 0.0734. The van der Waals surface area contributed by atoms with Gasteiger partial charge in [-0.1, -0.05) is 23.7 Å². The topological polar surface area (TPSA) is 87.5 Å². The SMILES string of the molecule is CN(c1cccc(Cl)c1)S(=O)(=O)c1cccc(C(=O)Oc2ccc(C#N)cc2)c1. The standard InChI is InChI=1S/C21H15ClN2O4S/c1-24(18-6-3-5-17(22)13-18)29(26,27)20-7-2-4-16(12-20)21(25)28-19-10-8-15(14-23)9-11-19/h2-13H,1H3. The Labute approximate surface area is 173 Å². The van der Waals surface area contributed by atoms with Crippen LogP contribution in [0.4, 0.5) is 5.69 Å². The van der Waals surface area contributed by atoms with Crippen molar-refractivity contribution >= 4 is 33.3 Å². The van der Waals surface area contributed by atoms with Crippen molar-refractivity contribution in [3.05, 3.63) is 88.9 Å². The number of ether oxygens (including phenoxy) is 1. The van der Waals surface area contributed by atoms with Crippen molar-refractivity contribution in [1.82, 2.24) is 0 Å². The van der Waals surface area contributed by atoms with Crippen molar-refractivity contribution in [3.8, 4) is 11.8 Å². The van der Waals surface area contributed by atoms with Gasteiger partial charge in [0.15, 0.2) is 0 Å². The maximum Gasteiger partial charge on any atom is 0.343 e. The molecular weight excluding hydrogens is 412 g/mol. The molecule has 29 heavy (non-hydrogen) atoms. The zero-order chi connectivity index (χ0) is 21.0. The summed E-state index contributed by atoms with van der Waals surface area (Å²) in [5.74, 6) is -0.463. The molecule has 6 nitrogen and oxygen atoms in total. The van der Waals surface area contributed by atoms with Crippen LogP contribution < -0.4 is 9.04 Å². The van der Waals surface area contributed by atoms with Crippen LogP contribution in [0.25, 0.3) is 0 Å². The molecule has 0 saturated carbocycles. The van der Waals surface area contributed by atoms with Crippen molar-refractivity contribution in [1.29, 1.82) is 5.26 Å². The first-order chi connectivity index (χ1) is 13.8. The Morgan fingerprint density at radius 2 is 1.72 bits per heavy atom. The zero-order valence-electron chi connectivity index (χ0n) is 15.2. The first-order valence-electron chi connectivity index (χ1n) is 8.38. The van der Waals surface area contributed by atoms with Gasteiger partial charge in [-0.05, 0) is 60.7 Å². The summed E-state index contributed by atoms with van der Waals surface area (Å²) in [4.78, 5) is 12.4. The van der Waals surface area contributed by atoms with Crippen molar-refractivity contribution in [2.45, 2.75) is 4.90 Å². The molecule has 0 heterocycles. The van der Waals surface area contributed by atoms with E-state index in [0.29, 0.717) is 16.3 Å². The molecule has 3 aromatic rings. The summed E-state index contributed by atoms with van der Waals surface area (Å²) in [5, 5.41) is 9.22. The summed E-state index contributed by atoms with van der Waals surface area (Å²) in [6.07, 6.45) is 0. The van der Waals surface area contributed by atoms with Gasteiger partial charge >= 0.3 is 5.97 Å². The van der Waals surface area contributed by atoms with Crippen LogP contribution in [0.5, 0.6) is 5.75 Å². The first-order valence-corrected chi connectivity index (χ1v) is 10.2. The molecule has 0 aliphatic carbocycles. The summed E-state index contributed by atoms with van der Waals surface area (Å²) in [6.45, 7) is 0. The molecule has 0 bridgehead atoms. The third kappa shape index (κ3) is 4.57. The molecule has 146 valence electrons. The number of rotatable bonds is 5. The molecule has 0 aromatic heterocycles. The average molecular weight is 427 g/mol. The van der Waals surface area contributed by atoms with Crippen LogP contribution >= 0.6 is 11.6 Å². The van der Waals surface area contributed by atoms with Gasteiger partial charge in [0.25, 0.3) is 10.0 Å². The highest BCUT2D eigenvalue weighted by Gasteiger charge is 2.23. The normalized spacial score (nSPS) is 10.8. The lowest BCUT2D eigenvalue weighted by Gasteiger charge is -2.20. The number of benzene rings is 3. The van der Waals surface area contributed by atoms with Crippen LogP contribution in [-0.4, -0.2) is 21.4 Å². The van der Waals surface area contributed by atoms with E-state index in [1.165, 1.54) is 61.6 Å². The molecule has 0 spiro atoms. The van der Waals surface area contributed by atoms with Crippen LogP contribution in [-0.2, 0) is 10.0 Å². The molecule has 0 N–H and O–H groups in total. The predicted octanol–water partition coefficient (Wildman–Crippen LogP) is 4.26. The van der Waals surface area contributed by atoms with Gasteiger partial charge in [0.1, 0.15) is 5.75 Å². The van der Waals surface area contributed by atoms with E-state index >= 15 is 0 Å². The molecule has 3 aromatic carbocycles. The van der Waals surface area contributed by atoms with E-state index < -0.39 is 16.0 Å². The Morgan fingerprint density at radius 1 is 1.03 bits per heavy atom. The van der Waals surface area contributed by atoms with E-state index in [2.05, 4.69) is 0 Å². The predicted molar refractivity (Wildman–Crippen MR) is 110 cm³/mol. The van der Waals surface area contributed by atoms with Crippen LogP contribution in [0.15, 0.2) is 77.7 Å². The number of carbonyl (C=O) groups is 1. The van der Waals surface area contributed by atoms with Gasteiger partial charge in [-0.25, -0.2) is 13.2 Å². The monoisotopic (exact) mass is 426 g/mol. The Kier molecular flexibility index (Phi) is 5.87. The number of hydrogen-bond donors (Lipinski definition) is 0. The van der Waals surface area contributed by atoms with E-state index in [9.17, 15) is 13.2 Å². The minimum absolute atomic E-state index is 0.0609. The lowest BCUT2D eigenvalue weighted by Crippen LogP contribution is -2.26. The summed E-state index contributed by atoms with van der Waals surface area (Å²) >= 11 is 5.95. The number of halogens is 1. The average Bonchev–Trinajstić information content (AvgIpc) is 2.73. The second kappa shape index (κ2) is 8.35. The Bertz CT molecular complexity index is 1200. The van der Waals surface area contributed by atoms with Crippen molar-refractivity contribution in [3.63, 3.8) is 0 Å². The third-order valence-electron chi connectivity index (χ3n) is 4.09. The molecule has 3 rings (SSSR count). The quantitative estimate of drug-likeness (QED) is 0.449. The highest BCUT2D eigenvalue weighted by molar-refractivity contribution is 7.92. The van der Waals surface area contributed by atoms with Gasteiger partial charge in [-0.15, -0.1) is 0 Å². The maximum absolute atomic E-state index is 12.9. The molecule has 0 fully saturated rings. The fourth-order valence-electron chi connectivity index (χ4n) is 2.52. The number of sulfonamides is 1. The number of hydrogen-bond acceptors (Lipinski definition) is 5. The smallest absolute Gasteiger partial charge is 0.343 e. The van der Waals surface area contributed by atoms with Crippen LogP contribution in [0, 0.1) is 11.3 Å². The third-order valence-corrected chi connectivity index (χ3v) is 6.11. The highest BCUT2D eigenvalue weighted by atomic mass is 35.5. The number of nitrogens with zero attached hydrogens (tertiary/aromatic N) is 2. The van der Waals surface area contributed by atoms with Crippen molar-refractivity contribution in [2.75, 3.05) is 11.4 Å². The van der Waals surface area contributed by atoms with E-state index in [0.717, 1.165) is 4.31 Å². The minimum Gasteiger partial charge on any atom is -0.423 e. The number of anilines is 1. The molecule has 0 aliphatic rings. The lowest BCUT2D eigenvalue weighted by atomic mass is 10.2. The van der Waals surface area contributed by atoms with E-state index in [-0.39, 0.29) is 16.2 Å². The Balaban J connectivity index is 1.85. The second-order valence-electron chi connectivity index (χ2n) is 6.01. The molecule has 0 atom stereocenters. The van der Waals surface area contributed by atoms with Gasteiger partial charge in [-0.3, -0.25) is 4.31 Å². The molecule has 0 amide bonds. The van der Waals surface area contributed by atoms with Gasteiger partial charge in [0, 0.05) is 12.1 Å². The fourth-order valence-corrected chi connectivity index (χ4v) is 3.93. The molecular formula is C21H15ClN2O4S. The number of nitriles is 1. The minimum atomic E-state index is -3.92. The first kappa shape index (κ1) is 20.4. The van der Waals surface area contributed by atoms with Crippen LogP contribution in [0.1, 0.15) is 15.9 Å². The van der Waals surface area contributed by atoms with Gasteiger partial charge < -0.3 is 4.74 Å². The molecule has 0 radical (unpaired) electrons. The van der Waals surface area contributed by atoms with Crippen LogP contribution in [0.2, 0.25) is 5.02 Å². The fraction of sp³-hybridized carbons (Fsp3) is 0.0476. The summed E-state index contributed by atoms with van der Waals surface area (Å²) < 4.78 is 32.2. The summed E-state index contributed by atoms with van der Waals surface area (Å²) in [6, 6.07) is 20.0. The van der Waals surface area contributed by atoms with E-state index in [4.69, 9.17) is 21.6 Å². The summed E-state index contributed by atoms with van der Waals surface area (Å²) in [5.41, 5.74) is 0.903. The van der Waals surface area contributed by atoms with Crippen LogP contribution in [0.3, 0.4) is 0 Å². The molecule has 0 aliphatic heterocycles. The number of carbonyl (C=O) groups excluding carboxylic acids is 1. The zero-order valence-corrected chi connectivity index (χ0v) is 16.8. The van der Waals surface area contributed by atoms with Gasteiger partial charge in [-0.2, -0.15) is 5.26 Å². The number of esters is 1. The van der Waals surface area contributed by atoms with E-state index in [1.807, 2.05) is 6.07 Å². The van der Waals surface area contributed by atoms with Gasteiger partial charge in [0.2, 0.25) is 0 Å². The molecule has 0 unspecified atom stereocenters. The Morgan fingerprint density at radius 3 is 2.38 bits per heavy atom.